The molecular weight excluding hydrogens is 274 g/mol. The third kappa shape index (κ3) is 3.06. The highest BCUT2D eigenvalue weighted by Gasteiger charge is 2.26. The van der Waals surface area contributed by atoms with Gasteiger partial charge in [-0.05, 0) is 36.8 Å². The summed E-state index contributed by atoms with van der Waals surface area (Å²) >= 11 is 6.04. The number of halogens is 1. The predicted molar refractivity (Wildman–Crippen MR) is 82.5 cm³/mol. The van der Waals surface area contributed by atoms with E-state index in [0.717, 1.165) is 17.0 Å². The van der Waals surface area contributed by atoms with Crippen LogP contribution >= 0.6 is 11.6 Å². The van der Waals surface area contributed by atoms with Crippen LogP contribution < -0.4 is 10.1 Å². The van der Waals surface area contributed by atoms with Crippen molar-refractivity contribution in [3.63, 3.8) is 0 Å². The first kappa shape index (κ1) is 14.7. The Morgan fingerprint density at radius 1 is 1.20 bits per heavy atom. The van der Waals surface area contributed by atoms with Crippen molar-refractivity contribution in [2.45, 2.75) is 12.5 Å². The standard InChI is InChI=1S/C16H18ClNO2/c1-16(11-19,12-6-5-7-13(17)10-12)18-14-8-3-4-9-15(14)20-2/h3-10,18-19H,11H2,1-2H3. The fourth-order valence-electron chi connectivity index (χ4n) is 2.08. The molecule has 0 saturated carbocycles. The summed E-state index contributed by atoms with van der Waals surface area (Å²) in [5, 5.41) is 13.8. The molecule has 4 heteroatoms. The molecule has 0 amide bonds. The van der Waals surface area contributed by atoms with Gasteiger partial charge in [-0.25, -0.2) is 0 Å². The normalized spacial score (nSPS) is 13.6. The van der Waals surface area contributed by atoms with Gasteiger partial charge in [-0.1, -0.05) is 35.9 Å². The van der Waals surface area contributed by atoms with E-state index in [-0.39, 0.29) is 6.61 Å². The largest absolute Gasteiger partial charge is 0.495 e. The molecule has 20 heavy (non-hydrogen) atoms. The molecule has 1 atom stereocenters. The lowest BCUT2D eigenvalue weighted by Gasteiger charge is -2.31. The van der Waals surface area contributed by atoms with Gasteiger partial charge in [0, 0.05) is 5.02 Å². The van der Waals surface area contributed by atoms with Crippen LogP contribution in [0.15, 0.2) is 48.5 Å². The minimum atomic E-state index is -0.639. The minimum absolute atomic E-state index is 0.0641. The zero-order chi connectivity index (χ0) is 14.6. The van der Waals surface area contributed by atoms with Crippen molar-refractivity contribution in [3.8, 4) is 5.75 Å². The zero-order valence-corrected chi connectivity index (χ0v) is 12.3. The number of aliphatic hydroxyl groups excluding tert-OH is 1. The fourth-order valence-corrected chi connectivity index (χ4v) is 2.27. The maximum atomic E-state index is 9.81. The Bertz CT molecular complexity index is 588. The number of ether oxygens (including phenoxy) is 1. The van der Waals surface area contributed by atoms with E-state index in [0.29, 0.717) is 5.02 Å². The van der Waals surface area contributed by atoms with Crippen molar-refractivity contribution >= 4 is 17.3 Å². The molecule has 3 nitrogen and oxygen atoms in total. The first-order valence-electron chi connectivity index (χ1n) is 6.37. The lowest BCUT2D eigenvalue weighted by atomic mass is 9.92. The quantitative estimate of drug-likeness (QED) is 0.883. The van der Waals surface area contributed by atoms with E-state index < -0.39 is 5.54 Å². The Morgan fingerprint density at radius 3 is 2.60 bits per heavy atom. The van der Waals surface area contributed by atoms with Crippen LogP contribution in [-0.2, 0) is 5.54 Å². The highest BCUT2D eigenvalue weighted by molar-refractivity contribution is 6.30. The topological polar surface area (TPSA) is 41.5 Å². The minimum Gasteiger partial charge on any atom is -0.495 e. The molecule has 106 valence electrons. The lowest BCUT2D eigenvalue weighted by Crippen LogP contribution is -2.36. The Morgan fingerprint density at radius 2 is 1.95 bits per heavy atom. The molecule has 2 rings (SSSR count). The maximum absolute atomic E-state index is 9.81. The van der Waals surface area contributed by atoms with Gasteiger partial charge in [-0.15, -0.1) is 0 Å². The number of para-hydroxylation sites is 2. The average molecular weight is 292 g/mol. The van der Waals surface area contributed by atoms with Crippen molar-refractivity contribution < 1.29 is 9.84 Å². The summed E-state index contributed by atoms with van der Waals surface area (Å²) < 4.78 is 5.33. The van der Waals surface area contributed by atoms with Crippen molar-refractivity contribution in [2.24, 2.45) is 0 Å². The summed E-state index contributed by atoms with van der Waals surface area (Å²) in [7, 11) is 1.62. The number of hydrogen-bond donors (Lipinski definition) is 2. The number of rotatable bonds is 5. The van der Waals surface area contributed by atoms with Crippen LogP contribution in [0.4, 0.5) is 5.69 Å². The second-order valence-electron chi connectivity index (χ2n) is 4.83. The number of hydrogen-bond acceptors (Lipinski definition) is 3. The van der Waals surface area contributed by atoms with E-state index in [1.165, 1.54) is 0 Å². The highest BCUT2D eigenvalue weighted by atomic mass is 35.5. The van der Waals surface area contributed by atoms with E-state index >= 15 is 0 Å². The van der Waals surface area contributed by atoms with Gasteiger partial charge >= 0.3 is 0 Å². The predicted octanol–water partition coefficient (Wildman–Crippen LogP) is 3.67. The van der Waals surface area contributed by atoms with Crippen LogP contribution in [0, 0.1) is 0 Å². The second kappa shape index (κ2) is 6.16. The molecule has 0 aliphatic carbocycles. The van der Waals surface area contributed by atoms with E-state index in [9.17, 15) is 5.11 Å². The Labute approximate surface area is 124 Å². The molecular formula is C16H18ClNO2. The summed E-state index contributed by atoms with van der Waals surface area (Å²) in [4.78, 5) is 0. The smallest absolute Gasteiger partial charge is 0.141 e. The van der Waals surface area contributed by atoms with E-state index in [4.69, 9.17) is 16.3 Å². The molecule has 0 aromatic heterocycles. The van der Waals surface area contributed by atoms with E-state index in [1.807, 2.05) is 55.5 Å². The molecule has 0 radical (unpaired) electrons. The fraction of sp³-hybridized carbons (Fsp3) is 0.250. The monoisotopic (exact) mass is 291 g/mol. The molecule has 2 N–H and O–H groups in total. The molecule has 2 aromatic carbocycles. The van der Waals surface area contributed by atoms with Crippen molar-refractivity contribution in [2.75, 3.05) is 19.0 Å². The van der Waals surface area contributed by atoms with Gasteiger partial charge in [0.1, 0.15) is 5.75 Å². The van der Waals surface area contributed by atoms with Crippen LogP contribution in [-0.4, -0.2) is 18.8 Å². The van der Waals surface area contributed by atoms with Gasteiger partial charge in [0.25, 0.3) is 0 Å². The van der Waals surface area contributed by atoms with Gasteiger partial charge in [0.05, 0.1) is 24.9 Å². The van der Waals surface area contributed by atoms with Crippen molar-refractivity contribution in [1.82, 2.24) is 0 Å². The van der Waals surface area contributed by atoms with Gasteiger partial charge in [-0.2, -0.15) is 0 Å². The van der Waals surface area contributed by atoms with E-state index in [1.54, 1.807) is 7.11 Å². The number of methoxy groups -OCH3 is 1. The molecule has 0 fully saturated rings. The third-order valence-corrected chi connectivity index (χ3v) is 3.53. The SMILES string of the molecule is COc1ccccc1NC(C)(CO)c1cccc(Cl)c1. The number of benzene rings is 2. The summed E-state index contributed by atoms with van der Waals surface area (Å²) in [6, 6.07) is 15.1. The Balaban J connectivity index is 2.36. The molecule has 0 aliphatic rings. The molecule has 2 aromatic rings. The summed E-state index contributed by atoms with van der Waals surface area (Å²) in [5.74, 6) is 0.731. The second-order valence-corrected chi connectivity index (χ2v) is 5.26. The summed E-state index contributed by atoms with van der Waals surface area (Å²) in [6.07, 6.45) is 0. The van der Waals surface area contributed by atoms with Gasteiger partial charge in [0.15, 0.2) is 0 Å². The maximum Gasteiger partial charge on any atom is 0.141 e. The molecule has 0 saturated heterocycles. The summed E-state index contributed by atoms with van der Waals surface area (Å²) in [6.45, 7) is 1.86. The zero-order valence-electron chi connectivity index (χ0n) is 11.6. The van der Waals surface area contributed by atoms with Crippen LogP contribution in [0.2, 0.25) is 5.02 Å². The van der Waals surface area contributed by atoms with Crippen molar-refractivity contribution in [1.29, 1.82) is 0 Å². The molecule has 0 spiro atoms. The van der Waals surface area contributed by atoms with Crippen LogP contribution in [0.3, 0.4) is 0 Å². The first-order chi connectivity index (χ1) is 9.59. The molecule has 1 unspecified atom stereocenters. The first-order valence-corrected chi connectivity index (χ1v) is 6.75. The lowest BCUT2D eigenvalue weighted by molar-refractivity contribution is 0.223. The number of anilines is 1. The average Bonchev–Trinajstić information content (AvgIpc) is 2.47. The molecule has 0 heterocycles. The molecule has 0 bridgehead atoms. The number of nitrogens with one attached hydrogen (secondary N) is 1. The van der Waals surface area contributed by atoms with E-state index in [2.05, 4.69) is 5.32 Å². The Kier molecular flexibility index (Phi) is 4.53. The highest BCUT2D eigenvalue weighted by Crippen LogP contribution is 2.32. The Hall–Kier alpha value is -1.71. The van der Waals surface area contributed by atoms with Gasteiger partial charge in [0.2, 0.25) is 0 Å². The van der Waals surface area contributed by atoms with Crippen LogP contribution in [0.5, 0.6) is 5.75 Å². The summed E-state index contributed by atoms with van der Waals surface area (Å²) in [5.41, 5.74) is 1.10. The number of aliphatic hydroxyl groups is 1. The van der Waals surface area contributed by atoms with Gasteiger partial charge in [-0.3, -0.25) is 0 Å². The third-order valence-electron chi connectivity index (χ3n) is 3.30. The van der Waals surface area contributed by atoms with Crippen molar-refractivity contribution in [3.05, 3.63) is 59.1 Å². The van der Waals surface area contributed by atoms with Gasteiger partial charge < -0.3 is 15.2 Å². The van der Waals surface area contributed by atoms with Crippen LogP contribution in [0.25, 0.3) is 0 Å². The van der Waals surface area contributed by atoms with Crippen LogP contribution in [0.1, 0.15) is 12.5 Å². The molecule has 0 aliphatic heterocycles.